The summed E-state index contributed by atoms with van der Waals surface area (Å²) in [4.78, 5) is 20.3. The van der Waals surface area contributed by atoms with Crippen molar-refractivity contribution in [3.8, 4) is 0 Å². The molecule has 1 fully saturated rings. The Morgan fingerprint density at radius 3 is 2.75 bits per heavy atom. The van der Waals surface area contributed by atoms with Crippen LogP contribution in [0.25, 0.3) is 0 Å². The van der Waals surface area contributed by atoms with Crippen LogP contribution in [0.15, 0.2) is 12.1 Å². The van der Waals surface area contributed by atoms with Crippen molar-refractivity contribution < 1.29 is 4.79 Å². The first-order chi connectivity index (χ1) is 9.45. The summed E-state index contributed by atoms with van der Waals surface area (Å²) >= 11 is 5.84. The number of hydrogen-bond acceptors (Lipinski definition) is 4. The van der Waals surface area contributed by atoms with Crippen LogP contribution >= 0.6 is 11.6 Å². The van der Waals surface area contributed by atoms with Gasteiger partial charge in [0, 0.05) is 19.2 Å². The van der Waals surface area contributed by atoms with Gasteiger partial charge in [-0.2, -0.15) is 0 Å². The Hall–Kier alpha value is -1.33. The van der Waals surface area contributed by atoms with Gasteiger partial charge >= 0.3 is 0 Å². The molecule has 2 heterocycles. The van der Waals surface area contributed by atoms with Crippen LogP contribution in [0, 0.1) is 5.92 Å². The van der Waals surface area contributed by atoms with E-state index in [9.17, 15) is 4.79 Å². The van der Waals surface area contributed by atoms with E-state index in [0.717, 1.165) is 32.5 Å². The van der Waals surface area contributed by atoms with Crippen LogP contribution in [0.3, 0.4) is 0 Å². The van der Waals surface area contributed by atoms with Crippen molar-refractivity contribution in [2.45, 2.75) is 12.8 Å². The molecule has 1 aromatic heterocycles. The molecule has 1 amide bonds. The van der Waals surface area contributed by atoms with Crippen molar-refractivity contribution in [1.29, 1.82) is 0 Å². The average Bonchev–Trinajstić information content (AvgIpc) is 2.39. The minimum atomic E-state index is -0.0556. The first-order valence-corrected chi connectivity index (χ1v) is 7.20. The van der Waals surface area contributed by atoms with Crippen molar-refractivity contribution in [3.05, 3.63) is 22.8 Å². The maximum absolute atomic E-state index is 12.4. The van der Waals surface area contributed by atoms with Gasteiger partial charge in [0.05, 0.1) is 0 Å². The topological polar surface area (TPSA) is 62.5 Å². The van der Waals surface area contributed by atoms with Crippen LogP contribution in [0.5, 0.6) is 0 Å². The minimum absolute atomic E-state index is 0.0556. The van der Waals surface area contributed by atoms with Gasteiger partial charge < -0.3 is 15.5 Å². The summed E-state index contributed by atoms with van der Waals surface area (Å²) in [5.41, 5.74) is 6.12. The van der Waals surface area contributed by atoms with E-state index in [0.29, 0.717) is 11.5 Å². The monoisotopic (exact) mass is 296 g/mol. The number of carbonyl (C=O) groups is 1. The highest BCUT2D eigenvalue weighted by molar-refractivity contribution is 6.29. The SMILES string of the molecule is CN1CCC(CN(C)C(=O)c2cc(N)nc(Cl)c2)CC1. The Bertz CT molecular complexity index is 466. The second kappa shape index (κ2) is 6.41. The van der Waals surface area contributed by atoms with E-state index < -0.39 is 0 Å². The molecule has 110 valence electrons. The molecular formula is C14H21ClN4O. The second-order valence-corrected chi connectivity index (χ2v) is 5.92. The predicted octanol–water partition coefficient (Wildman–Crippen LogP) is 1.73. The number of hydrogen-bond donors (Lipinski definition) is 1. The molecular weight excluding hydrogens is 276 g/mol. The quantitative estimate of drug-likeness (QED) is 0.863. The lowest BCUT2D eigenvalue weighted by Crippen LogP contribution is -2.38. The number of nitrogens with zero attached hydrogens (tertiary/aromatic N) is 3. The third kappa shape index (κ3) is 3.84. The number of likely N-dealkylation sites (tertiary alicyclic amines) is 1. The van der Waals surface area contributed by atoms with Crippen molar-refractivity contribution >= 4 is 23.3 Å². The minimum Gasteiger partial charge on any atom is -0.384 e. The molecule has 2 rings (SSSR count). The maximum Gasteiger partial charge on any atom is 0.253 e. The summed E-state index contributed by atoms with van der Waals surface area (Å²) in [5, 5.41) is 0.251. The summed E-state index contributed by atoms with van der Waals surface area (Å²) in [6.07, 6.45) is 2.26. The normalized spacial score (nSPS) is 17.1. The van der Waals surface area contributed by atoms with Gasteiger partial charge in [-0.05, 0) is 51.0 Å². The first-order valence-electron chi connectivity index (χ1n) is 6.83. The Morgan fingerprint density at radius 2 is 2.15 bits per heavy atom. The Kier molecular flexibility index (Phi) is 4.83. The molecule has 1 aliphatic heterocycles. The number of carbonyl (C=O) groups excluding carboxylic acids is 1. The Labute approximate surface area is 124 Å². The fourth-order valence-electron chi connectivity index (χ4n) is 2.58. The predicted molar refractivity (Wildman–Crippen MR) is 80.8 cm³/mol. The van der Waals surface area contributed by atoms with Crippen LogP contribution in [0.2, 0.25) is 5.15 Å². The largest absolute Gasteiger partial charge is 0.384 e. The van der Waals surface area contributed by atoms with Crippen LogP contribution in [0.4, 0.5) is 5.82 Å². The fourth-order valence-corrected chi connectivity index (χ4v) is 2.79. The lowest BCUT2D eigenvalue weighted by molar-refractivity contribution is 0.0747. The molecule has 0 spiro atoms. The molecule has 1 aromatic rings. The lowest BCUT2D eigenvalue weighted by atomic mass is 9.96. The van der Waals surface area contributed by atoms with Gasteiger partial charge in [0.25, 0.3) is 5.91 Å². The van der Waals surface area contributed by atoms with Crippen LogP contribution < -0.4 is 5.73 Å². The highest BCUT2D eigenvalue weighted by Crippen LogP contribution is 2.19. The number of anilines is 1. The Balaban J connectivity index is 1.98. The lowest BCUT2D eigenvalue weighted by Gasteiger charge is -2.31. The number of halogens is 1. The van der Waals surface area contributed by atoms with Crippen LogP contribution in [-0.4, -0.2) is 54.4 Å². The molecule has 5 nitrogen and oxygen atoms in total. The molecule has 1 saturated heterocycles. The first kappa shape index (κ1) is 15.1. The molecule has 0 aliphatic carbocycles. The number of nitrogen functional groups attached to an aromatic ring is 1. The van der Waals surface area contributed by atoms with Crippen LogP contribution in [0.1, 0.15) is 23.2 Å². The smallest absolute Gasteiger partial charge is 0.253 e. The number of rotatable bonds is 3. The highest BCUT2D eigenvalue weighted by Gasteiger charge is 2.21. The number of piperidine rings is 1. The van der Waals surface area contributed by atoms with E-state index in [-0.39, 0.29) is 16.9 Å². The second-order valence-electron chi connectivity index (χ2n) is 5.54. The number of aromatic nitrogens is 1. The van der Waals surface area contributed by atoms with Gasteiger partial charge in [-0.1, -0.05) is 11.6 Å². The molecule has 0 saturated carbocycles. The zero-order valence-corrected chi connectivity index (χ0v) is 12.7. The van der Waals surface area contributed by atoms with E-state index in [1.807, 2.05) is 7.05 Å². The van der Waals surface area contributed by atoms with Gasteiger partial charge in [-0.15, -0.1) is 0 Å². The highest BCUT2D eigenvalue weighted by atomic mass is 35.5. The van der Waals surface area contributed by atoms with Gasteiger partial charge in [-0.25, -0.2) is 4.98 Å². The van der Waals surface area contributed by atoms with Gasteiger partial charge in [-0.3, -0.25) is 4.79 Å². The van der Waals surface area contributed by atoms with Gasteiger partial charge in [0.1, 0.15) is 11.0 Å². The number of pyridine rings is 1. The molecule has 0 aromatic carbocycles. The fraction of sp³-hybridized carbons (Fsp3) is 0.571. The average molecular weight is 297 g/mol. The van der Waals surface area contributed by atoms with Gasteiger partial charge in [0.2, 0.25) is 0 Å². The van der Waals surface area contributed by atoms with Crippen molar-refractivity contribution in [2.24, 2.45) is 5.92 Å². The summed E-state index contributed by atoms with van der Waals surface area (Å²) in [6, 6.07) is 3.13. The number of amides is 1. The van der Waals surface area contributed by atoms with Gasteiger partial charge in [0.15, 0.2) is 0 Å². The van der Waals surface area contributed by atoms with E-state index in [1.165, 1.54) is 0 Å². The molecule has 6 heteroatoms. The molecule has 0 radical (unpaired) electrons. The molecule has 20 heavy (non-hydrogen) atoms. The number of nitrogens with two attached hydrogens (primary N) is 1. The molecule has 1 aliphatic rings. The molecule has 0 atom stereocenters. The molecule has 0 bridgehead atoms. The summed E-state index contributed by atoms with van der Waals surface area (Å²) in [5.74, 6) is 0.781. The maximum atomic E-state index is 12.4. The van der Waals surface area contributed by atoms with E-state index in [4.69, 9.17) is 17.3 Å². The third-order valence-electron chi connectivity index (χ3n) is 3.78. The summed E-state index contributed by atoms with van der Waals surface area (Å²) < 4.78 is 0. The standard InChI is InChI=1S/C14H21ClN4O/c1-18-5-3-10(4-6-18)9-19(2)14(20)11-7-12(15)17-13(16)8-11/h7-8,10H,3-6,9H2,1-2H3,(H2,16,17). The summed E-state index contributed by atoms with van der Waals surface area (Å²) in [7, 11) is 3.96. The zero-order valence-electron chi connectivity index (χ0n) is 12.0. The van der Waals surface area contributed by atoms with Crippen molar-refractivity contribution in [1.82, 2.24) is 14.8 Å². The summed E-state index contributed by atoms with van der Waals surface area (Å²) in [6.45, 7) is 2.97. The molecule has 0 unspecified atom stereocenters. The van der Waals surface area contributed by atoms with Crippen molar-refractivity contribution in [2.75, 3.05) is 39.5 Å². The zero-order chi connectivity index (χ0) is 14.7. The van der Waals surface area contributed by atoms with E-state index >= 15 is 0 Å². The van der Waals surface area contributed by atoms with Crippen molar-refractivity contribution in [3.63, 3.8) is 0 Å². The molecule has 2 N–H and O–H groups in total. The van der Waals surface area contributed by atoms with E-state index in [1.54, 1.807) is 17.0 Å². The Morgan fingerprint density at radius 1 is 1.50 bits per heavy atom. The third-order valence-corrected chi connectivity index (χ3v) is 3.97. The van der Waals surface area contributed by atoms with Crippen LogP contribution in [-0.2, 0) is 0 Å². The van der Waals surface area contributed by atoms with E-state index in [2.05, 4.69) is 16.9 Å².